The number of benzene rings is 2. The van der Waals surface area contributed by atoms with E-state index >= 15 is 0 Å². The van der Waals surface area contributed by atoms with E-state index in [-0.39, 0.29) is 47.9 Å². The van der Waals surface area contributed by atoms with Crippen LogP contribution in [0.4, 0.5) is 18.3 Å². The van der Waals surface area contributed by atoms with Gasteiger partial charge in [0.15, 0.2) is 5.13 Å². The zero-order valence-corrected chi connectivity index (χ0v) is 26.7. The number of nitrogens with zero attached hydrogens (tertiary/aromatic N) is 3. The van der Waals surface area contributed by atoms with Crippen molar-refractivity contribution in [2.24, 2.45) is 0 Å². The van der Waals surface area contributed by atoms with Crippen molar-refractivity contribution >= 4 is 38.4 Å². The summed E-state index contributed by atoms with van der Waals surface area (Å²) in [5.74, 6) is -2.21. The van der Waals surface area contributed by atoms with E-state index in [9.17, 15) is 36.3 Å². The van der Waals surface area contributed by atoms with Crippen molar-refractivity contribution in [3.05, 3.63) is 69.7 Å². The quantitative estimate of drug-likeness (QED) is 0.271. The van der Waals surface area contributed by atoms with E-state index in [2.05, 4.69) is 22.0 Å². The van der Waals surface area contributed by atoms with E-state index in [0.717, 1.165) is 57.8 Å². The van der Waals surface area contributed by atoms with Gasteiger partial charge in [0.05, 0.1) is 10.6 Å². The van der Waals surface area contributed by atoms with Gasteiger partial charge in [0.1, 0.15) is 16.7 Å². The third-order valence-corrected chi connectivity index (χ3v) is 10.4. The number of piperazine rings is 1. The Bertz CT molecular complexity index is 1630. The number of aromatic carboxylic acids is 1. The molecule has 1 aliphatic heterocycles. The molecule has 0 saturated carbocycles. The number of halogens is 3. The van der Waals surface area contributed by atoms with Crippen molar-refractivity contribution in [1.29, 1.82) is 0 Å². The lowest BCUT2D eigenvalue weighted by molar-refractivity contribution is -0.274. The van der Waals surface area contributed by atoms with Crippen LogP contribution in [0.2, 0.25) is 0 Å². The minimum Gasteiger partial charge on any atom is -0.477 e. The summed E-state index contributed by atoms with van der Waals surface area (Å²) < 4.78 is 72.1. The zero-order chi connectivity index (χ0) is 32.9. The number of alkyl halides is 3. The standard InChI is InChI=1S/C30H35F3N4O6S2/c1-4-6-20-8-10-21(11-9-20)17-34-27(38)24-18-36(29-35-19(3)26(44-29)28(39)40)14-15-37(24)45(41,42)23-12-13-25(43-30(31,32)33)22(16-23)7-5-2/h8-13,16,24H,4-7,14-15,17-18H2,1-3H3,(H,34,38)(H,39,40)/t24-/m1/s1. The van der Waals surface area contributed by atoms with Crippen LogP contribution in [0.5, 0.6) is 5.75 Å². The molecule has 0 spiro atoms. The van der Waals surface area contributed by atoms with E-state index in [1.165, 1.54) is 0 Å². The van der Waals surface area contributed by atoms with Crippen LogP contribution in [0.25, 0.3) is 0 Å². The lowest BCUT2D eigenvalue weighted by Gasteiger charge is -2.39. The smallest absolute Gasteiger partial charge is 0.477 e. The van der Waals surface area contributed by atoms with Gasteiger partial charge >= 0.3 is 12.3 Å². The number of ether oxygens (including phenoxy) is 1. The van der Waals surface area contributed by atoms with Crippen molar-refractivity contribution in [1.82, 2.24) is 14.6 Å². The number of rotatable bonds is 12. The highest BCUT2D eigenvalue weighted by Gasteiger charge is 2.41. The van der Waals surface area contributed by atoms with Crippen molar-refractivity contribution in [2.45, 2.75) is 70.3 Å². The first-order chi connectivity index (χ1) is 21.2. The summed E-state index contributed by atoms with van der Waals surface area (Å²) in [5, 5.41) is 12.6. The number of carboxylic acid groups (broad SMARTS) is 1. The topological polar surface area (TPSA) is 129 Å². The third kappa shape index (κ3) is 8.32. The Morgan fingerprint density at radius 2 is 1.73 bits per heavy atom. The van der Waals surface area contributed by atoms with Gasteiger partial charge in [-0.25, -0.2) is 18.2 Å². The highest BCUT2D eigenvalue weighted by molar-refractivity contribution is 7.89. The molecule has 1 fully saturated rings. The first kappa shape index (κ1) is 34.2. The maximum absolute atomic E-state index is 14.0. The summed E-state index contributed by atoms with van der Waals surface area (Å²) in [6, 6.07) is 9.63. The molecule has 0 bridgehead atoms. The average molecular weight is 669 g/mol. The molecule has 0 radical (unpaired) electrons. The van der Waals surface area contributed by atoms with Crippen LogP contribution in [-0.2, 0) is 34.2 Å². The zero-order valence-electron chi connectivity index (χ0n) is 25.1. The molecule has 1 aliphatic rings. The summed E-state index contributed by atoms with van der Waals surface area (Å²) in [6.45, 7) is 5.34. The molecular weight excluding hydrogens is 633 g/mol. The summed E-state index contributed by atoms with van der Waals surface area (Å²) in [6.07, 6.45) is -2.47. The molecule has 4 rings (SSSR count). The SMILES string of the molecule is CCCc1ccc(CNC(=O)[C@H]2CN(c3nc(C)c(C(=O)O)s3)CCN2S(=O)(=O)c2ccc(OC(F)(F)F)c(CCC)c2)cc1. The molecule has 1 saturated heterocycles. The van der Waals surface area contributed by atoms with Crippen molar-refractivity contribution in [3.8, 4) is 5.75 Å². The van der Waals surface area contributed by atoms with Gasteiger partial charge in [-0.15, -0.1) is 13.2 Å². The number of hydrogen-bond acceptors (Lipinski definition) is 8. The highest BCUT2D eigenvalue weighted by Crippen LogP contribution is 2.33. The number of carbonyl (C=O) groups excluding carboxylic acids is 1. The molecule has 45 heavy (non-hydrogen) atoms. The molecule has 2 N–H and O–H groups in total. The van der Waals surface area contributed by atoms with E-state index in [1.54, 1.807) is 18.7 Å². The van der Waals surface area contributed by atoms with Crippen LogP contribution >= 0.6 is 11.3 Å². The van der Waals surface area contributed by atoms with Gasteiger partial charge in [0.25, 0.3) is 0 Å². The number of aromatic nitrogens is 1. The van der Waals surface area contributed by atoms with Crippen LogP contribution in [0, 0.1) is 6.92 Å². The number of thiazole rings is 1. The normalized spacial score (nSPS) is 16.0. The minimum absolute atomic E-state index is 0.0391. The van der Waals surface area contributed by atoms with Crippen molar-refractivity contribution in [2.75, 3.05) is 24.5 Å². The maximum atomic E-state index is 14.0. The Kier molecular flexibility index (Phi) is 10.8. The number of carboxylic acids is 1. The van der Waals surface area contributed by atoms with Gasteiger partial charge in [-0.2, -0.15) is 4.31 Å². The van der Waals surface area contributed by atoms with Gasteiger partial charge in [-0.05, 0) is 54.7 Å². The van der Waals surface area contributed by atoms with E-state index < -0.39 is 40.1 Å². The predicted octanol–water partition coefficient (Wildman–Crippen LogP) is 5.15. The van der Waals surface area contributed by atoms with E-state index in [0.29, 0.717) is 17.2 Å². The molecular formula is C30H35F3N4O6S2. The fraction of sp³-hybridized carbons (Fsp3) is 0.433. The summed E-state index contributed by atoms with van der Waals surface area (Å²) in [7, 11) is -4.38. The van der Waals surface area contributed by atoms with Gasteiger partial charge in [-0.3, -0.25) is 4.79 Å². The number of amides is 1. The second kappa shape index (κ2) is 14.2. The number of hydrogen-bond donors (Lipinski definition) is 2. The number of aryl methyl sites for hydroxylation is 3. The fourth-order valence-corrected chi connectivity index (χ4v) is 7.68. The molecule has 2 heterocycles. The minimum atomic E-state index is -4.95. The number of nitrogens with one attached hydrogen (secondary N) is 1. The summed E-state index contributed by atoms with van der Waals surface area (Å²) in [5.41, 5.74) is 2.34. The molecule has 1 aromatic heterocycles. The van der Waals surface area contributed by atoms with Gasteiger partial charge in [0.2, 0.25) is 15.9 Å². The third-order valence-electron chi connectivity index (χ3n) is 7.30. The van der Waals surface area contributed by atoms with Crippen LogP contribution in [0.1, 0.15) is 58.7 Å². The van der Waals surface area contributed by atoms with Crippen molar-refractivity contribution in [3.63, 3.8) is 0 Å². The molecule has 1 atom stereocenters. The van der Waals surface area contributed by atoms with Crippen molar-refractivity contribution < 1.29 is 41.0 Å². The molecule has 10 nitrogen and oxygen atoms in total. The monoisotopic (exact) mass is 668 g/mol. The van der Waals surface area contributed by atoms with E-state index in [1.807, 2.05) is 24.3 Å². The number of carbonyl (C=O) groups is 2. The first-order valence-electron chi connectivity index (χ1n) is 14.4. The molecule has 2 aromatic carbocycles. The Balaban J connectivity index is 1.65. The fourth-order valence-electron chi connectivity index (χ4n) is 5.12. The second-order valence-electron chi connectivity index (χ2n) is 10.6. The van der Waals surface area contributed by atoms with Gasteiger partial charge in [-0.1, -0.05) is 62.3 Å². The highest BCUT2D eigenvalue weighted by atomic mass is 32.2. The maximum Gasteiger partial charge on any atom is 0.573 e. The molecule has 0 unspecified atom stereocenters. The van der Waals surface area contributed by atoms with Crippen LogP contribution in [0.15, 0.2) is 47.4 Å². The lowest BCUT2D eigenvalue weighted by Crippen LogP contribution is -2.60. The molecule has 0 aliphatic carbocycles. The Hall–Kier alpha value is -3.69. The molecule has 3 aromatic rings. The largest absolute Gasteiger partial charge is 0.573 e. The Labute approximate surface area is 263 Å². The Morgan fingerprint density at radius 3 is 2.33 bits per heavy atom. The van der Waals surface area contributed by atoms with Crippen LogP contribution < -0.4 is 15.0 Å². The lowest BCUT2D eigenvalue weighted by atomic mass is 10.1. The average Bonchev–Trinajstić information content (AvgIpc) is 3.38. The van der Waals surface area contributed by atoms with Crippen LogP contribution in [0.3, 0.4) is 0 Å². The molecule has 1 amide bonds. The number of anilines is 1. The van der Waals surface area contributed by atoms with Gasteiger partial charge in [0, 0.05) is 26.2 Å². The summed E-state index contributed by atoms with van der Waals surface area (Å²) in [4.78, 5) is 31.1. The summed E-state index contributed by atoms with van der Waals surface area (Å²) >= 11 is 0.932. The second-order valence-corrected chi connectivity index (χ2v) is 13.5. The van der Waals surface area contributed by atoms with E-state index in [4.69, 9.17) is 0 Å². The van der Waals surface area contributed by atoms with Crippen LogP contribution in [-0.4, -0.2) is 66.7 Å². The Morgan fingerprint density at radius 1 is 1.07 bits per heavy atom. The first-order valence-corrected chi connectivity index (χ1v) is 16.7. The van der Waals surface area contributed by atoms with Gasteiger partial charge < -0.3 is 20.1 Å². The molecule has 15 heteroatoms. The molecule has 244 valence electrons. The number of sulfonamides is 1. The predicted molar refractivity (Wildman–Crippen MR) is 163 cm³/mol.